The van der Waals surface area contributed by atoms with Crippen LogP contribution in [0.5, 0.6) is 0 Å². The fourth-order valence-electron chi connectivity index (χ4n) is 1.52. The summed E-state index contributed by atoms with van der Waals surface area (Å²) < 4.78 is 1.11. The molecule has 1 N–H and O–H groups in total. The Morgan fingerprint density at radius 3 is 3.00 bits per heavy atom. The Kier molecular flexibility index (Phi) is 3.46. The number of nitrogens with one attached hydrogen (secondary N) is 1. The number of thiophene rings is 1. The zero-order valence-electron chi connectivity index (χ0n) is 8.63. The number of carbonyl (C=O) groups is 1. The molecule has 4 heteroatoms. The van der Waals surface area contributed by atoms with E-state index < -0.39 is 0 Å². The van der Waals surface area contributed by atoms with Gasteiger partial charge >= 0.3 is 0 Å². The minimum absolute atomic E-state index is 0.189. The Bertz CT molecular complexity index is 363. The molecule has 0 unspecified atom stereocenters. The predicted octanol–water partition coefficient (Wildman–Crippen LogP) is 2.97. The lowest BCUT2D eigenvalue weighted by molar-refractivity contribution is -0.121. The van der Waals surface area contributed by atoms with E-state index in [1.54, 1.807) is 11.3 Å². The number of halogens is 1. The van der Waals surface area contributed by atoms with E-state index in [1.807, 2.05) is 0 Å². The van der Waals surface area contributed by atoms with Crippen LogP contribution in [0.25, 0.3) is 0 Å². The van der Waals surface area contributed by atoms with Crippen molar-refractivity contribution in [3.8, 4) is 0 Å². The average molecular weight is 288 g/mol. The fraction of sp³-hybridized carbons (Fsp3) is 0.545. The molecule has 0 saturated heterocycles. The van der Waals surface area contributed by atoms with Gasteiger partial charge in [0.15, 0.2) is 0 Å². The average Bonchev–Trinajstić information content (AvgIpc) is 2.71. The summed E-state index contributed by atoms with van der Waals surface area (Å²) in [6.07, 6.45) is 2.61. The highest BCUT2D eigenvalue weighted by molar-refractivity contribution is 9.10. The Labute approximate surface area is 102 Å². The minimum atomic E-state index is 0.189. The summed E-state index contributed by atoms with van der Waals surface area (Å²) >= 11 is 5.11. The van der Waals surface area contributed by atoms with E-state index in [1.165, 1.54) is 4.88 Å². The van der Waals surface area contributed by atoms with Crippen molar-refractivity contribution >= 4 is 33.2 Å². The summed E-state index contributed by atoms with van der Waals surface area (Å²) in [4.78, 5) is 12.8. The summed E-state index contributed by atoms with van der Waals surface area (Å²) in [6, 6.07) is 2.53. The standard InChI is InChI=1S/C11H14BrNOS/c1-7-4-10(7)13-11(14)3-2-9-5-8(12)6-15-9/h5-7,10H,2-4H2,1H3,(H,13,14)/t7-,10-/m0/s1. The van der Waals surface area contributed by atoms with Crippen LogP contribution in [-0.2, 0) is 11.2 Å². The topological polar surface area (TPSA) is 29.1 Å². The van der Waals surface area contributed by atoms with Gasteiger partial charge < -0.3 is 5.32 Å². The second-order valence-corrected chi connectivity index (χ2v) is 6.03. The van der Waals surface area contributed by atoms with E-state index in [4.69, 9.17) is 0 Å². The van der Waals surface area contributed by atoms with Crippen molar-refractivity contribution in [1.82, 2.24) is 5.32 Å². The molecule has 2 atom stereocenters. The van der Waals surface area contributed by atoms with Crippen molar-refractivity contribution in [1.29, 1.82) is 0 Å². The lowest BCUT2D eigenvalue weighted by atomic mass is 10.2. The highest BCUT2D eigenvalue weighted by Crippen LogP contribution is 2.29. The van der Waals surface area contributed by atoms with Gasteiger partial charge in [0, 0.05) is 27.2 Å². The summed E-state index contributed by atoms with van der Waals surface area (Å²) in [5, 5.41) is 5.09. The third-order valence-corrected chi connectivity index (χ3v) is 4.43. The molecule has 1 aromatic heterocycles. The van der Waals surface area contributed by atoms with E-state index in [-0.39, 0.29) is 5.91 Å². The minimum Gasteiger partial charge on any atom is -0.353 e. The van der Waals surface area contributed by atoms with Gasteiger partial charge in [0.1, 0.15) is 0 Å². The van der Waals surface area contributed by atoms with Gasteiger partial charge in [-0.25, -0.2) is 0 Å². The van der Waals surface area contributed by atoms with Crippen molar-refractivity contribution in [3.63, 3.8) is 0 Å². The first-order valence-electron chi connectivity index (χ1n) is 5.17. The van der Waals surface area contributed by atoms with Crippen molar-refractivity contribution in [3.05, 3.63) is 20.8 Å². The monoisotopic (exact) mass is 287 g/mol. The van der Waals surface area contributed by atoms with Crippen LogP contribution in [0.1, 0.15) is 24.6 Å². The van der Waals surface area contributed by atoms with E-state index in [0.29, 0.717) is 18.4 Å². The molecular formula is C11H14BrNOS. The second-order valence-electron chi connectivity index (χ2n) is 4.12. The molecule has 1 aliphatic rings. The lowest BCUT2D eigenvalue weighted by Crippen LogP contribution is -2.26. The number of carbonyl (C=O) groups excluding carboxylic acids is 1. The van der Waals surface area contributed by atoms with E-state index in [2.05, 4.69) is 39.6 Å². The normalized spacial score (nSPS) is 23.9. The first-order chi connectivity index (χ1) is 7.15. The predicted molar refractivity (Wildman–Crippen MR) is 66.1 cm³/mol. The summed E-state index contributed by atoms with van der Waals surface area (Å²) in [7, 11) is 0. The molecule has 1 amide bonds. The van der Waals surface area contributed by atoms with Gasteiger partial charge in [-0.05, 0) is 40.8 Å². The largest absolute Gasteiger partial charge is 0.353 e. The third kappa shape index (κ3) is 3.31. The van der Waals surface area contributed by atoms with Gasteiger partial charge in [-0.1, -0.05) is 6.92 Å². The number of hydrogen-bond acceptors (Lipinski definition) is 2. The van der Waals surface area contributed by atoms with Crippen LogP contribution in [0.4, 0.5) is 0 Å². The van der Waals surface area contributed by atoms with Gasteiger partial charge in [0.2, 0.25) is 5.91 Å². The molecule has 0 aromatic carbocycles. The zero-order valence-corrected chi connectivity index (χ0v) is 11.0. The van der Waals surface area contributed by atoms with Crippen LogP contribution in [0.15, 0.2) is 15.9 Å². The number of aryl methyl sites for hydroxylation is 1. The Morgan fingerprint density at radius 1 is 1.73 bits per heavy atom. The molecule has 1 aromatic rings. The summed E-state index contributed by atoms with van der Waals surface area (Å²) in [6.45, 7) is 2.17. The van der Waals surface area contributed by atoms with E-state index in [0.717, 1.165) is 17.3 Å². The highest BCUT2D eigenvalue weighted by Gasteiger charge is 2.33. The van der Waals surface area contributed by atoms with E-state index >= 15 is 0 Å². The molecule has 0 spiro atoms. The Hall–Kier alpha value is -0.350. The van der Waals surface area contributed by atoms with Crippen LogP contribution in [-0.4, -0.2) is 11.9 Å². The Morgan fingerprint density at radius 2 is 2.47 bits per heavy atom. The quantitative estimate of drug-likeness (QED) is 0.906. The highest BCUT2D eigenvalue weighted by atomic mass is 79.9. The second kappa shape index (κ2) is 4.66. The van der Waals surface area contributed by atoms with Crippen LogP contribution in [0, 0.1) is 5.92 Å². The molecule has 15 heavy (non-hydrogen) atoms. The SMILES string of the molecule is C[C@H]1C[C@@H]1NC(=O)CCc1cc(Br)cs1. The third-order valence-electron chi connectivity index (χ3n) is 2.68. The van der Waals surface area contributed by atoms with Crippen LogP contribution in [0.2, 0.25) is 0 Å². The van der Waals surface area contributed by atoms with Gasteiger partial charge in [-0.15, -0.1) is 11.3 Å². The molecular weight excluding hydrogens is 274 g/mol. The molecule has 2 nitrogen and oxygen atoms in total. The molecule has 0 radical (unpaired) electrons. The smallest absolute Gasteiger partial charge is 0.220 e. The molecule has 0 bridgehead atoms. The first kappa shape index (κ1) is 11.1. The summed E-state index contributed by atoms with van der Waals surface area (Å²) in [5.41, 5.74) is 0. The number of rotatable bonds is 4. The van der Waals surface area contributed by atoms with Crippen molar-refractivity contribution in [2.75, 3.05) is 0 Å². The van der Waals surface area contributed by atoms with Crippen LogP contribution >= 0.6 is 27.3 Å². The number of hydrogen-bond donors (Lipinski definition) is 1. The molecule has 0 aliphatic heterocycles. The lowest BCUT2D eigenvalue weighted by Gasteiger charge is -2.02. The number of amides is 1. The van der Waals surface area contributed by atoms with Gasteiger partial charge in [-0.2, -0.15) is 0 Å². The van der Waals surface area contributed by atoms with Crippen LogP contribution < -0.4 is 5.32 Å². The maximum atomic E-state index is 11.5. The van der Waals surface area contributed by atoms with E-state index in [9.17, 15) is 4.79 Å². The van der Waals surface area contributed by atoms with Crippen molar-refractivity contribution < 1.29 is 4.79 Å². The zero-order chi connectivity index (χ0) is 10.8. The molecule has 82 valence electrons. The maximum absolute atomic E-state index is 11.5. The molecule has 1 saturated carbocycles. The molecule has 2 rings (SSSR count). The van der Waals surface area contributed by atoms with Gasteiger partial charge in [0.25, 0.3) is 0 Å². The molecule has 1 fully saturated rings. The van der Waals surface area contributed by atoms with Crippen molar-refractivity contribution in [2.45, 2.75) is 32.2 Å². The summed E-state index contributed by atoms with van der Waals surface area (Å²) in [5.74, 6) is 0.874. The maximum Gasteiger partial charge on any atom is 0.220 e. The van der Waals surface area contributed by atoms with Crippen molar-refractivity contribution in [2.24, 2.45) is 5.92 Å². The Balaban J connectivity index is 1.71. The van der Waals surface area contributed by atoms with Crippen LogP contribution in [0.3, 0.4) is 0 Å². The first-order valence-corrected chi connectivity index (χ1v) is 6.84. The fourth-order valence-corrected chi connectivity index (χ4v) is 2.98. The van der Waals surface area contributed by atoms with Gasteiger partial charge in [-0.3, -0.25) is 4.79 Å². The van der Waals surface area contributed by atoms with Gasteiger partial charge in [0.05, 0.1) is 0 Å². The molecule has 1 heterocycles. The molecule has 1 aliphatic carbocycles.